The Labute approximate surface area is 135 Å². The highest BCUT2D eigenvalue weighted by Gasteiger charge is 2.08. The smallest absolute Gasteiger partial charge is 0.211 e. The van der Waals surface area contributed by atoms with Crippen LogP contribution in [0, 0.1) is 0 Å². The van der Waals surface area contributed by atoms with Crippen LogP contribution >= 0.6 is 11.6 Å². The molecule has 0 atom stereocenters. The maximum Gasteiger partial charge on any atom is 0.211 e. The summed E-state index contributed by atoms with van der Waals surface area (Å²) in [5, 5.41) is 4.64. The van der Waals surface area contributed by atoms with Crippen molar-refractivity contribution in [1.29, 1.82) is 0 Å². The molecule has 0 aliphatic carbocycles. The summed E-state index contributed by atoms with van der Waals surface area (Å²) in [7, 11) is -3.18. The minimum Gasteiger partial charge on any atom is -0.368 e. The first kappa shape index (κ1) is 16.9. The number of anilines is 1. The van der Waals surface area contributed by atoms with E-state index in [9.17, 15) is 8.42 Å². The minimum absolute atomic E-state index is 0.0713. The summed E-state index contributed by atoms with van der Waals surface area (Å²) in [6, 6.07) is 5.43. The lowest BCUT2D eigenvalue weighted by atomic mass is 10.2. The fourth-order valence-corrected chi connectivity index (χ4v) is 2.72. The molecule has 0 saturated carbocycles. The standard InChI is InChI=1S/C14H19ClN4O2S/c1-3-13-18-12-9-10(15)5-6-11(12)14(19-13)16-7-8-17-22(20,21)4-2/h5-6,9,17H,3-4,7-8H2,1-2H3,(H,16,18,19). The molecule has 8 heteroatoms. The lowest BCUT2D eigenvalue weighted by Gasteiger charge is -2.11. The number of rotatable bonds is 7. The van der Waals surface area contributed by atoms with Crippen LogP contribution in [0.25, 0.3) is 10.9 Å². The Kier molecular flexibility index (Phi) is 5.55. The molecule has 0 fully saturated rings. The van der Waals surface area contributed by atoms with Crippen LogP contribution < -0.4 is 10.0 Å². The van der Waals surface area contributed by atoms with Crippen molar-refractivity contribution in [3.05, 3.63) is 29.0 Å². The van der Waals surface area contributed by atoms with Gasteiger partial charge in [-0.25, -0.2) is 23.1 Å². The second kappa shape index (κ2) is 7.21. The number of aromatic nitrogens is 2. The first-order valence-corrected chi connectivity index (χ1v) is 9.15. The quantitative estimate of drug-likeness (QED) is 0.753. The molecule has 120 valence electrons. The molecule has 22 heavy (non-hydrogen) atoms. The van der Waals surface area contributed by atoms with Gasteiger partial charge in [-0.15, -0.1) is 0 Å². The van der Waals surface area contributed by atoms with Crippen LogP contribution in [0.2, 0.25) is 5.02 Å². The van der Waals surface area contributed by atoms with Crippen LogP contribution in [0.5, 0.6) is 0 Å². The molecule has 2 aromatic rings. The number of aryl methyl sites for hydroxylation is 1. The Hall–Kier alpha value is -1.44. The van der Waals surface area contributed by atoms with Gasteiger partial charge in [-0.3, -0.25) is 0 Å². The maximum absolute atomic E-state index is 11.4. The number of hydrogen-bond donors (Lipinski definition) is 2. The van der Waals surface area contributed by atoms with Gasteiger partial charge in [-0.2, -0.15) is 0 Å². The van der Waals surface area contributed by atoms with Gasteiger partial charge >= 0.3 is 0 Å². The van der Waals surface area contributed by atoms with Gasteiger partial charge in [0.1, 0.15) is 11.6 Å². The predicted octanol–water partition coefficient (Wildman–Crippen LogP) is 2.20. The largest absolute Gasteiger partial charge is 0.368 e. The summed E-state index contributed by atoms with van der Waals surface area (Å²) in [6.07, 6.45) is 0.708. The first-order chi connectivity index (χ1) is 10.4. The molecule has 0 spiro atoms. The van der Waals surface area contributed by atoms with Crippen molar-refractivity contribution >= 4 is 38.3 Å². The van der Waals surface area contributed by atoms with Gasteiger partial charge in [-0.1, -0.05) is 18.5 Å². The zero-order chi connectivity index (χ0) is 16.2. The fourth-order valence-electron chi connectivity index (χ4n) is 1.93. The topological polar surface area (TPSA) is 84.0 Å². The molecule has 6 nitrogen and oxygen atoms in total. The van der Waals surface area contributed by atoms with E-state index in [0.717, 1.165) is 10.9 Å². The van der Waals surface area contributed by atoms with Crippen molar-refractivity contribution < 1.29 is 8.42 Å². The molecule has 0 bridgehead atoms. The van der Waals surface area contributed by atoms with Crippen LogP contribution in [0.4, 0.5) is 5.82 Å². The van der Waals surface area contributed by atoms with E-state index < -0.39 is 10.0 Å². The van der Waals surface area contributed by atoms with E-state index in [2.05, 4.69) is 20.0 Å². The number of halogens is 1. The van der Waals surface area contributed by atoms with E-state index >= 15 is 0 Å². The average Bonchev–Trinajstić information content (AvgIpc) is 2.50. The third kappa shape index (κ3) is 4.28. The van der Waals surface area contributed by atoms with Gasteiger partial charge in [0, 0.05) is 29.9 Å². The van der Waals surface area contributed by atoms with Crippen LogP contribution in [-0.2, 0) is 16.4 Å². The van der Waals surface area contributed by atoms with Crippen molar-refractivity contribution in [2.75, 3.05) is 24.2 Å². The summed E-state index contributed by atoms with van der Waals surface area (Å²) in [5.74, 6) is 1.47. The molecule has 1 heterocycles. The number of nitrogens with one attached hydrogen (secondary N) is 2. The van der Waals surface area contributed by atoms with E-state index in [4.69, 9.17) is 11.6 Å². The van der Waals surface area contributed by atoms with E-state index in [0.29, 0.717) is 36.2 Å². The van der Waals surface area contributed by atoms with Gasteiger partial charge in [-0.05, 0) is 25.1 Å². The van der Waals surface area contributed by atoms with Crippen LogP contribution in [-0.4, -0.2) is 37.2 Å². The van der Waals surface area contributed by atoms with Gasteiger partial charge in [0.2, 0.25) is 10.0 Å². The van der Waals surface area contributed by atoms with Crippen molar-refractivity contribution in [2.45, 2.75) is 20.3 Å². The molecule has 0 saturated heterocycles. The SMILES string of the molecule is CCc1nc(NCCNS(=O)(=O)CC)c2ccc(Cl)cc2n1. The molecular weight excluding hydrogens is 324 g/mol. The van der Waals surface area contributed by atoms with E-state index in [1.807, 2.05) is 13.0 Å². The predicted molar refractivity (Wildman–Crippen MR) is 89.9 cm³/mol. The van der Waals surface area contributed by atoms with Crippen molar-refractivity contribution in [1.82, 2.24) is 14.7 Å². The summed E-state index contributed by atoms with van der Waals surface area (Å²) < 4.78 is 25.3. The Morgan fingerprint density at radius 3 is 2.64 bits per heavy atom. The second-order valence-electron chi connectivity index (χ2n) is 4.73. The number of benzene rings is 1. The maximum atomic E-state index is 11.4. The van der Waals surface area contributed by atoms with Crippen LogP contribution in [0.3, 0.4) is 0 Å². The number of sulfonamides is 1. The van der Waals surface area contributed by atoms with Gasteiger partial charge in [0.05, 0.1) is 11.3 Å². The highest BCUT2D eigenvalue weighted by molar-refractivity contribution is 7.89. The molecule has 2 rings (SSSR count). The van der Waals surface area contributed by atoms with Crippen molar-refractivity contribution in [3.63, 3.8) is 0 Å². The number of nitrogens with zero attached hydrogens (tertiary/aromatic N) is 2. The Balaban J connectivity index is 2.16. The fraction of sp³-hybridized carbons (Fsp3) is 0.429. The molecule has 0 amide bonds. The third-order valence-electron chi connectivity index (χ3n) is 3.14. The Morgan fingerprint density at radius 1 is 1.18 bits per heavy atom. The van der Waals surface area contributed by atoms with E-state index in [1.54, 1.807) is 19.1 Å². The number of fused-ring (bicyclic) bond motifs is 1. The highest BCUT2D eigenvalue weighted by Crippen LogP contribution is 2.23. The molecule has 0 aliphatic heterocycles. The zero-order valence-electron chi connectivity index (χ0n) is 12.6. The van der Waals surface area contributed by atoms with E-state index in [1.165, 1.54) is 0 Å². The molecule has 0 unspecified atom stereocenters. The van der Waals surface area contributed by atoms with Crippen LogP contribution in [0.1, 0.15) is 19.7 Å². The average molecular weight is 343 g/mol. The zero-order valence-corrected chi connectivity index (χ0v) is 14.1. The Bertz CT molecular complexity index is 765. The van der Waals surface area contributed by atoms with Gasteiger partial charge < -0.3 is 5.32 Å². The monoisotopic (exact) mass is 342 g/mol. The minimum atomic E-state index is -3.18. The molecule has 0 aliphatic rings. The second-order valence-corrected chi connectivity index (χ2v) is 7.26. The highest BCUT2D eigenvalue weighted by atomic mass is 35.5. The Morgan fingerprint density at radius 2 is 1.95 bits per heavy atom. The lowest BCUT2D eigenvalue weighted by Crippen LogP contribution is -2.30. The molecular formula is C14H19ClN4O2S. The summed E-state index contributed by atoms with van der Waals surface area (Å²) in [4.78, 5) is 8.91. The summed E-state index contributed by atoms with van der Waals surface area (Å²) in [5.41, 5.74) is 0.774. The van der Waals surface area contributed by atoms with Crippen LogP contribution in [0.15, 0.2) is 18.2 Å². The van der Waals surface area contributed by atoms with E-state index in [-0.39, 0.29) is 5.75 Å². The van der Waals surface area contributed by atoms with Gasteiger partial charge in [0.25, 0.3) is 0 Å². The first-order valence-electron chi connectivity index (χ1n) is 7.12. The summed E-state index contributed by atoms with van der Waals surface area (Å²) in [6.45, 7) is 4.32. The molecule has 0 radical (unpaired) electrons. The van der Waals surface area contributed by atoms with Crippen molar-refractivity contribution in [3.8, 4) is 0 Å². The molecule has 1 aromatic carbocycles. The normalized spacial score (nSPS) is 11.8. The van der Waals surface area contributed by atoms with Crippen molar-refractivity contribution in [2.24, 2.45) is 0 Å². The number of hydrogen-bond acceptors (Lipinski definition) is 5. The molecule has 1 aromatic heterocycles. The third-order valence-corrected chi connectivity index (χ3v) is 4.78. The summed E-state index contributed by atoms with van der Waals surface area (Å²) >= 11 is 6.00. The molecule has 2 N–H and O–H groups in total. The lowest BCUT2D eigenvalue weighted by molar-refractivity contribution is 0.584. The van der Waals surface area contributed by atoms with Gasteiger partial charge in [0.15, 0.2) is 0 Å².